The summed E-state index contributed by atoms with van der Waals surface area (Å²) in [4.78, 5) is 13.2. The molecule has 0 spiro atoms. The molecule has 1 aromatic heterocycles. The molecular formula is C26H18F7NO. The molecule has 4 rings (SSSR count). The molecule has 2 nitrogen and oxygen atoms in total. The maximum Gasteiger partial charge on any atom is 0.422 e. The summed E-state index contributed by atoms with van der Waals surface area (Å²) in [7, 11) is 0. The van der Waals surface area contributed by atoms with E-state index in [4.69, 9.17) is 0 Å². The van der Waals surface area contributed by atoms with E-state index >= 15 is 0 Å². The number of alkyl halides is 3. The lowest BCUT2D eigenvalue weighted by Crippen LogP contribution is -2.25. The second kappa shape index (κ2) is 8.25. The summed E-state index contributed by atoms with van der Waals surface area (Å²) in [6.45, 7) is 6.94. The van der Waals surface area contributed by atoms with Crippen molar-refractivity contribution in [1.29, 1.82) is 0 Å². The first kappa shape index (κ1) is 24.5. The van der Waals surface area contributed by atoms with Gasteiger partial charge in [-0.2, -0.15) is 13.2 Å². The van der Waals surface area contributed by atoms with Gasteiger partial charge in [0.15, 0.2) is 23.3 Å². The molecule has 182 valence electrons. The van der Waals surface area contributed by atoms with Gasteiger partial charge in [0.1, 0.15) is 11.3 Å². The zero-order valence-corrected chi connectivity index (χ0v) is 19.0. The molecule has 0 radical (unpaired) electrons. The van der Waals surface area contributed by atoms with E-state index in [0.717, 1.165) is 22.8 Å². The van der Waals surface area contributed by atoms with E-state index in [1.807, 2.05) is 19.9 Å². The van der Waals surface area contributed by atoms with Gasteiger partial charge in [-0.1, -0.05) is 41.0 Å². The van der Waals surface area contributed by atoms with Gasteiger partial charge in [-0.05, 0) is 50.5 Å². The molecule has 0 saturated heterocycles. The molecular weight excluding hydrogens is 475 g/mol. The highest BCUT2D eigenvalue weighted by Gasteiger charge is 2.43. The van der Waals surface area contributed by atoms with Crippen molar-refractivity contribution in [2.75, 3.05) is 0 Å². The van der Waals surface area contributed by atoms with Crippen molar-refractivity contribution in [2.45, 2.75) is 33.9 Å². The Kier molecular flexibility index (Phi) is 5.78. The fraction of sp³-hybridized carbons (Fsp3) is 0.192. The highest BCUT2D eigenvalue weighted by Crippen LogP contribution is 2.39. The van der Waals surface area contributed by atoms with Gasteiger partial charge in [0, 0.05) is 11.5 Å². The normalized spacial score (nSPS) is 12.0. The highest BCUT2D eigenvalue weighted by molar-refractivity contribution is 5.97. The second-order valence-corrected chi connectivity index (χ2v) is 8.56. The molecule has 0 fully saturated rings. The van der Waals surface area contributed by atoms with E-state index in [1.54, 1.807) is 31.2 Å². The van der Waals surface area contributed by atoms with Crippen LogP contribution in [-0.4, -0.2) is 4.57 Å². The first-order chi connectivity index (χ1) is 16.2. The molecule has 0 atom stereocenters. The van der Waals surface area contributed by atoms with E-state index < -0.39 is 46.3 Å². The predicted octanol–water partition coefficient (Wildman–Crippen LogP) is 7.47. The lowest BCUT2D eigenvalue weighted by atomic mass is 9.95. The predicted molar refractivity (Wildman–Crippen MR) is 119 cm³/mol. The van der Waals surface area contributed by atoms with Crippen LogP contribution in [-0.2, 0) is 6.18 Å². The van der Waals surface area contributed by atoms with Crippen LogP contribution >= 0.6 is 0 Å². The Labute approximate surface area is 195 Å². The van der Waals surface area contributed by atoms with Crippen molar-refractivity contribution >= 4 is 10.9 Å². The number of fused-ring (bicyclic) bond motifs is 1. The summed E-state index contributed by atoms with van der Waals surface area (Å²) >= 11 is 0. The van der Waals surface area contributed by atoms with Gasteiger partial charge in [0.05, 0.1) is 5.52 Å². The molecule has 0 N–H and O–H groups in total. The van der Waals surface area contributed by atoms with Crippen LogP contribution in [0.25, 0.3) is 27.7 Å². The van der Waals surface area contributed by atoms with Crippen LogP contribution in [0, 0.1) is 51.0 Å². The Morgan fingerprint density at radius 2 is 1.20 bits per heavy atom. The SMILES string of the molecule is Cc1cc(C)cc(-c2cc(=O)n(-c3c(F)c(F)c(C(F)(F)F)c(F)c3F)c3c(C)cc(C)cc23)c1. The van der Waals surface area contributed by atoms with Crippen molar-refractivity contribution in [3.63, 3.8) is 0 Å². The molecule has 0 saturated carbocycles. The van der Waals surface area contributed by atoms with Gasteiger partial charge in [0.2, 0.25) is 0 Å². The monoisotopic (exact) mass is 493 g/mol. The van der Waals surface area contributed by atoms with Gasteiger partial charge in [-0.15, -0.1) is 0 Å². The topological polar surface area (TPSA) is 22.0 Å². The number of halogens is 7. The number of aromatic nitrogens is 1. The van der Waals surface area contributed by atoms with Crippen LogP contribution in [0.3, 0.4) is 0 Å². The third-order valence-corrected chi connectivity index (χ3v) is 5.73. The number of aryl methyl sites for hydroxylation is 4. The number of nitrogens with zero attached hydrogens (tertiary/aromatic N) is 1. The third kappa shape index (κ3) is 3.98. The van der Waals surface area contributed by atoms with E-state index in [0.29, 0.717) is 26.6 Å². The smallest absolute Gasteiger partial charge is 0.271 e. The van der Waals surface area contributed by atoms with Crippen molar-refractivity contribution in [3.8, 4) is 16.8 Å². The van der Waals surface area contributed by atoms with Crippen LogP contribution in [0.1, 0.15) is 27.8 Å². The molecule has 35 heavy (non-hydrogen) atoms. The molecule has 0 aliphatic rings. The summed E-state index contributed by atoms with van der Waals surface area (Å²) < 4.78 is 98.2. The van der Waals surface area contributed by atoms with Crippen LogP contribution in [0.4, 0.5) is 30.7 Å². The fourth-order valence-corrected chi connectivity index (χ4v) is 4.49. The van der Waals surface area contributed by atoms with E-state index in [9.17, 15) is 35.5 Å². The summed E-state index contributed by atoms with van der Waals surface area (Å²) in [6, 6.07) is 9.74. The summed E-state index contributed by atoms with van der Waals surface area (Å²) in [5, 5.41) is 0.326. The maximum absolute atomic E-state index is 14.9. The zero-order valence-electron chi connectivity index (χ0n) is 19.0. The van der Waals surface area contributed by atoms with E-state index in [2.05, 4.69) is 0 Å². The molecule has 0 bridgehead atoms. The zero-order chi connectivity index (χ0) is 26.0. The number of rotatable bonds is 2. The summed E-state index contributed by atoms with van der Waals surface area (Å²) in [5.41, 5.74) is -1.60. The molecule has 0 aliphatic carbocycles. The van der Waals surface area contributed by atoms with E-state index in [1.165, 1.54) is 6.92 Å². The molecule has 0 amide bonds. The minimum Gasteiger partial charge on any atom is -0.271 e. The van der Waals surface area contributed by atoms with Crippen LogP contribution in [0.2, 0.25) is 0 Å². The van der Waals surface area contributed by atoms with E-state index in [-0.39, 0.29) is 5.52 Å². The van der Waals surface area contributed by atoms with Gasteiger partial charge < -0.3 is 0 Å². The number of benzene rings is 3. The Balaban J connectivity index is 2.20. The fourth-order valence-electron chi connectivity index (χ4n) is 4.49. The Bertz CT molecular complexity index is 1530. The lowest BCUT2D eigenvalue weighted by molar-refractivity contribution is -0.143. The molecule has 9 heteroatoms. The number of hydrogen-bond donors (Lipinski definition) is 0. The van der Waals surface area contributed by atoms with Gasteiger partial charge >= 0.3 is 6.18 Å². The van der Waals surface area contributed by atoms with Gasteiger partial charge in [0.25, 0.3) is 5.56 Å². The first-order valence-electron chi connectivity index (χ1n) is 10.4. The Morgan fingerprint density at radius 3 is 1.71 bits per heavy atom. The highest BCUT2D eigenvalue weighted by atomic mass is 19.4. The van der Waals surface area contributed by atoms with Crippen LogP contribution in [0.15, 0.2) is 41.2 Å². The molecule has 0 unspecified atom stereocenters. The first-order valence-corrected chi connectivity index (χ1v) is 10.4. The minimum absolute atomic E-state index is 0.0892. The molecule has 3 aromatic carbocycles. The second-order valence-electron chi connectivity index (χ2n) is 8.56. The average molecular weight is 493 g/mol. The van der Waals surface area contributed by atoms with Crippen molar-refractivity contribution in [1.82, 2.24) is 4.57 Å². The Morgan fingerprint density at radius 1 is 0.686 bits per heavy atom. The van der Waals surface area contributed by atoms with Crippen molar-refractivity contribution < 1.29 is 30.7 Å². The number of hydrogen-bond acceptors (Lipinski definition) is 1. The van der Waals surface area contributed by atoms with Crippen molar-refractivity contribution in [3.05, 3.63) is 97.8 Å². The average Bonchev–Trinajstić information content (AvgIpc) is 2.72. The molecule has 0 aliphatic heterocycles. The molecule has 1 heterocycles. The minimum atomic E-state index is -5.69. The van der Waals surface area contributed by atoms with Crippen molar-refractivity contribution in [2.24, 2.45) is 0 Å². The Hall–Kier alpha value is -3.62. The van der Waals surface area contributed by atoms with Gasteiger partial charge in [-0.3, -0.25) is 9.36 Å². The number of pyridine rings is 1. The molecule has 4 aromatic rings. The van der Waals surface area contributed by atoms with Gasteiger partial charge in [-0.25, -0.2) is 17.6 Å². The quantitative estimate of drug-likeness (QED) is 0.210. The standard InChI is InChI=1S/C26H18F7NO/c1-11-5-12(2)8-15(7-11)16-10-18(35)34(24-14(4)6-13(3)9-17(16)24)25-22(29)20(27)19(26(31,32)33)21(28)23(25)30/h5-10H,1-4H3. The third-order valence-electron chi connectivity index (χ3n) is 5.73. The lowest BCUT2D eigenvalue weighted by Gasteiger charge is -2.20. The summed E-state index contributed by atoms with van der Waals surface area (Å²) in [5.74, 6) is -9.90. The maximum atomic E-state index is 14.9. The van der Waals surface area contributed by atoms with Crippen LogP contribution in [0.5, 0.6) is 0 Å². The summed E-state index contributed by atoms with van der Waals surface area (Å²) in [6.07, 6.45) is -5.69. The largest absolute Gasteiger partial charge is 0.422 e. The van der Waals surface area contributed by atoms with Crippen LogP contribution < -0.4 is 5.56 Å².